The summed E-state index contributed by atoms with van der Waals surface area (Å²) in [5.74, 6) is 0. The molecule has 102 valence electrons. The van der Waals surface area contributed by atoms with Crippen LogP contribution < -0.4 is 11.0 Å². The molecule has 5 heteroatoms. The van der Waals surface area contributed by atoms with Crippen molar-refractivity contribution in [3.05, 3.63) is 39.3 Å². The average molecular weight is 261 g/mol. The molecule has 1 aromatic rings. The molecule has 0 amide bonds. The van der Waals surface area contributed by atoms with E-state index >= 15 is 0 Å². The van der Waals surface area contributed by atoms with Gasteiger partial charge in [0.25, 0.3) is 5.56 Å². The fourth-order valence-corrected chi connectivity index (χ4v) is 1.78. The van der Waals surface area contributed by atoms with E-state index in [1.54, 1.807) is 6.07 Å². The van der Waals surface area contributed by atoms with Gasteiger partial charge in [-0.3, -0.25) is 15.1 Å². The van der Waals surface area contributed by atoms with Crippen LogP contribution in [0.3, 0.4) is 0 Å². The van der Waals surface area contributed by atoms with Crippen LogP contribution in [-0.4, -0.2) is 12.1 Å². The lowest BCUT2D eigenvalue weighted by Gasteiger charge is -2.13. The van der Waals surface area contributed by atoms with Crippen LogP contribution in [0, 0.1) is 11.3 Å². The van der Waals surface area contributed by atoms with Crippen molar-refractivity contribution in [1.29, 1.82) is 5.26 Å². The lowest BCUT2D eigenvalue weighted by atomic mass is 10.0. The normalized spacial score (nSPS) is 11.2. The topological polar surface area (TPSA) is 77.9 Å². The molecule has 1 aromatic heterocycles. The summed E-state index contributed by atoms with van der Waals surface area (Å²) in [5.41, 5.74) is 4.92. The van der Waals surface area contributed by atoms with Crippen LogP contribution in [0.25, 0.3) is 5.70 Å². The Balaban J connectivity index is 3.36. The molecular weight excluding hydrogens is 242 g/mol. The molecule has 0 aliphatic heterocycles. The largest absolute Gasteiger partial charge is 0.324 e. The highest BCUT2D eigenvalue weighted by molar-refractivity contribution is 5.66. The predicted octanol–water partition coefficient (Wildman–Crippen LogP) is 2.10. The van der Waals surface area contributed by atoms with E-state index in [9.17, 15) is 4.79 Å². The van der Waals surface area contributed by atoms with Gasteiger partial charge in [0.2, 0.25) is 0 Å². The van der Waals surface area contributed by atoms with Gasteiger partial charge in [-0.25, -0.2) is 0 Å². The van der Waals surface area contributed by atoms with Crippen LogP contribution in [0.5, 0.6) is 0 Å². The highest BCUT2D eigenvalue weighted by Crippen LogP contribution is 2.17. The standard InChI is InChI=1S/C14H19N3O2/c1-4-6-7-13(17-19-3)11-8-10(9-15)14(18)16-12(11)5-2/h7-8,17H,4-6H2,1-3H3,(H,16,18). The first kappa shape index (κ1) is 15.0. The molecule has 2 N–H and O–H groups in total. The number of nitrogens with one attached hydrogen (secondary N) is 2. The number of aromatic amines is 1. The Bertz CT molecular complexity index is 553. The molecule has 5 nitrogen and oxygen atoms in total. The van der Waals surface area contributed by atoms with Crippen molar-refractivity contribution < 1.29 is 4.84 Å². The minimum atomic E-state index is -0.352. The van der Waals surface area contributed by atoms with Crippen molar-refractivity contribution in [3.8, 4) is 6.07 Å². The van der Waals surface area contributed by atoms with Crippen LogP contribution in [-0.2, 0) is 11.3 Å². The smallest absolute Gasteiger partial charge is 0.266 e. The molecule has 0 bridgehead atoms. The second-order valence-corrected chi connectivity index (χ2v) is 4.08. The summed E-state index contributed by atoms with van der Waals surface area (Å²) >= 11 is 0. The van der Waals surface area contributed by atoms with Gasteiger partial charge in [-0.05, 0) is 18.9 Å². The van der Waals surface area contributed by atoms with E-state index in [1.807, 2.05) is 19.1 Å². The SMILES string of the molecule is CCCC=C(NOC)c1cc(C#N)c(=O)[nH]c1CC. The summed E-state index contributed by atoms with van der Waals surface area (Å²) in [6.45, 7) is 4.03. The Kier molecular flexibility index (Phi) is 5.83. The van der Waals surface area contributed by atoms with Crippen LogP contribution in [0.15, 0.2) is 16.9 Å². The van der Waals surface area contributed by atoms with Crippen molar-refractivity contribution in [2.24, 2.45) is 0 Å². The maximum absolute atomic E-state index is 11.6. The second kappa shape index (κ2) is 7.39. The van der Waals surface area contributed by atoms with E-state index in [-0.39, 0.29) is 11.1 Å². The van der Waals surface area contributed by atoms with E-state index < -0.39 is 0 Å². The Hall–Kier alpha value is -2.06. The van der Waals surface area contributed by atoms with Crippen LogP contribution >= 0.6 is 0 Å². The summed E-state index contributed by atoms with van der Waals surface area (Å²) < 4.78 is 0. The number of H-pyrrole nitrogens is 1. The predicted molar refractivity (Wildman–Crippen MR) is 74.2 cm³/mol. The minimum Gasteiger partial charge on any atom is -0.324 e. The first-order valence-electron chi connectivity index (χ1n) is 6.33. The van der Waals surface area contributed by atoms with Gasteiger partial charge in [0.05, 0.1) is 12.8 Å². The minimum absolute atomic E-state index is 0.104. The number of aromatic nitrogens is 1. The molecule has 0 spiro atoms. The molecule has 0 saturated heterocycles. The molecule has 0 unspecified atom stereocenters. The second-order valence-electron chi connectivity index (χ2n) is 4.08. The molecular formula is C14H19N3O2. The lowest BCUT2D eigenvalue weighted by Crippen LogP contribution is -2.18. The van der Waals surface area contributed by atoms with Gasteiger partial charge in [0.15, 0.2) is 0 Å². The maximum atomic E-state index is 11.6. The Labute approximate surface area is 112 Å². The van der Waals surface area contributed by atoms with E-state index in [0.717, 1.165) is 29.8 Å². The number of hydrogen-bond acceptors (Lipinski definition) is 4. The highest BCUT2D eigenvalue weighted by Gasteiger charge is 2.11. The zero-order valence-electron chi connectivity index (χ0n) is 11.5. The molecule has 0 radical (unpaired) electrons. The first-order valence-corrected chi connectivity index (χ1v) is 6.33. The summed E-state index contributed by atoms with van der Waals surface area (Å²) in [4.78, 5) is 19.3. The van der Waals surface area contributed by atoms with Gasteiger partial charge in [0.1, 0.15) is 11.6 Å². The summed E-state index contributed by atoms with van der Waals surface area (Å²) in [6, 6.07) is 3.50. The quantitative estimate of drug-likeness (QED) is 0.769. The van der Waals surface area contributed by atoms with Gasteiger partial charge in [-0.2, -0.15) is 5.26 Å². The first-order chi connectivity index (χ1) is 9.17. The van der Waals surface area contributed by atoms with Gasteiger partial charge < -0.3 is 4.98 Å². The third-order valence-electron chi connectivity index (χ3n) is 2.74. The van der Waals surface area contributed by atoms with Crippen molar-refractivity contribution >= 4 is 5.70 Å². The van der Waals surface area contributed by atoms with Crippen LogP contribution in [0.1, 0.15) is 43.5 Å². The summed E-state index contributed by atoms with van der Waals surface area (Å²) in [5, 5.41) is 8.95. The third-order valence-corrected chi connectivity index (χ3v) is 2.74. The van der Waals surface area contributed by atoms with E-state index in [4.69, 9.17) is 10.1 Å². The Morgan fingerprint density at radius 1 is 1.58 bits per heavy atom. The summed E-state index contributed by atoms with van der Waals surface area (Å²) in [6.07, 6.45) is 4.56. The molecule has 0 saturated carbocycles. The number of rotatable bonds is 6. The Morgan fingerprint density at radius 2 is 2.32 bits per heavy atom. The van der Waals surface area contributed by atoms with Gasteiger partial charge in [0, 0.05) is 11.3 Å². The monoisotopic (exact) mass is 261 g/mol. The van der Waals surface area contributed by atoms with Gasteiger partial charge in [-0.15, -0.1) is 0 Å². The molecule has 1 heterocycles. The Morgan fingerprint density at radius 3 is 2.84 bits per heavy atom. The molecule has 0 aliphatic carbocycles. The van der Waals surface area contributed by atoms with Gasteiger partial charge >= 0.3 is 0 Å². The van der Waals surface area contributed by atoms with E-state index in [2.05, 4.69) is 17.4 Å². The highest BCUT2D eigenvalue weighted by atomic mass is 16.6. The average Bonchev–Trinajstić information content (AvgIpc) is 2.43. The zero-order chi connectivity index (χ0) is 14.3. The summed E-state index contributed by atoms with van der Waals surface area (Å²) in [7, 11) is 1.53. The number of allylic oxidation sites excluding steroid dienone is 1. The molecule has 0 aliphatic rings. The number of nitriles is 1. The molecule has 19 heavy (non-hydrogen) atoms. The number of pyridine rings is 1. The number of hydrogen-bond donors (Lipinski definition) is 2. The van der Waals surface area contributed by atoms with E-state index in [1.165, 1.54) is 7.11 Å². The molecule has 0 fully saturated rings. The van der Waals surface area contributed by atoms with Crippen LogP contribution in [0.4, 0.5) is 0 Å². The number of nitrogens with zero attached hydrogens (tertiary/aromatic N) is 1. The van der Waals surface area contributed by atoms with Crippen molar-refractivity contribution in [3.63, 3.8) is 0 Å². The fraction of sp³-hybridized carbons (Fsp3) is 0.429. The maximum Gasteiger partial charge on any atom is 0.266 e. The van der Waals surface area contributed by atoms with E-state index in [0.29, 0.717) is 6.42 Å². The van der Waals surface area contributed by atoms with Crippen LogP contribution in [0.2, 0.25) is 0 Å². The van der Waals surface area contributed by atoms with Crippen molar-refractivity contribution in [2.75, 3.05) is 7.11 Å². The molecule has 0 aromatic carbocycles. The molecule has 0 atom stereocenters. The number of aryl methyl sites for hydroxylation is 1. The fourth-order valence-electron chi connectivity index (χ4n) is 1.78. The zero-order valence-corrected chi connectivity index (χ0v) is 11.5. The van der Waals surface area contributed by atoms with Crippen molar-refractivity contribution in [2.45, 2.75) is 33.1 Å². The third kappa shape index (κ3) is 3.70. The number of unbranched alkanes of at least 4 members (excludes halogenated alkanes) is 1. The van der Waals surface area contributed by atoms with Crippen molar-refractivity contribution in [1.82, 2.24) is 10.5 Å². The lowest BCUT2D eigenvalue weighted by molar-refractivity contribution is 0.136. The van der Waals surface area contributed by atoms with Gasteiger partial charge in [-0.1, -0.05) is 26.3 Å². The molecule has 1 rings (SSSR count). The number of hydroxylamine groups is 1.